The summed E-state index contributed by atoms with van der Waals surface area (Å²) in [5, 5.41) is 17.1. The van der Waals surface area contributed by atoms with Gasteiger partial charge < -0.3 is 10.1 Å². The standard InChI is InChI=1S/C24H20ClFN6O2/c1-2-34-20-9-6-14(13-27-20)16-8-7-15(12-17(16)22-29-31-32-30-22)28-23(33)24(10-11-24)18-4-3-5-19(26)21(18)25/h3-9,12-13H,2,10-11H2,1H3,(H,28,33)(H,29,30,31,32). The van der Waals surface area contributed by atoms with E-state index in [1.165, 1.54) is 6.07 Å². The van der Waals surface area contributed by atoms with Crippen LogP contribution in [0, 0.1) is 5.82 Å². The van der Waals surface area contributed by atoms with Crippen LogP contribution in [0.3, 0.4) is 0 Å². The molecule has 1 fully saturated rings. The molecule has 4 aromatic rings. The van der Waals surface area contributed by atoms with E-state index in [9.17, 15) is 9.18 Å². The SMILES string of the molecule is CCOc1ccc(-c2ccc(NC(=O)C3(c4cccc(F)c4Cl)CC3)cc2-c2nnn[nH]2)cn1. The highest BCUT2D eigenvalue weighted by atomic mass is 35.5. The predicted molar refractivity (Wildman–Crippen MR) is 125 cm³/mol. The van der Waals surface area contributed by atoms with Crippen molar-refractivity contribution in [3.63, 3.8) is 0 Å². The molecule has 1 aliphatic carbocycles. The van der Waals surface area contributed by atoms with Crippen LogP contribution in [0.4, 0.5) is 10.1 Å². The third kappa shape index (κ3) is 3.99. The molecule has 0 saturated heterocycles. The van der Waals surface area contributed by atoms with Gasteiger partial charge in [0.1, 0.15) is 5.82 Å². The lowest BCUT2D eigenvalue weighted by Gasteiger charge is -2.18. The maximum absolute atomic E-state index is 14.0. The molecule has 5 rings (SSSR count). The summed E-state index contributed by atoms with van der Waals surface area (Å²) in [4.78, 5) is 17.6. The number of carbonyl (C=O) groups is 1. The molecule has 8 nitrogen and oxygen atoms in total. The average molecular weight is 479 g/mol. The number of rotatable bonds is 7. The number of aromatic amines is 1. The van der Waals surface area contributed by atoms with E-state index in [0.717, 1.165) is 11.1 Å². The molecule has 0 unspecified atom stereocenters. The van der Waals surface area contributed by atoms with E-state index >= 15 is 0 Å². The Kier molecular flexibility index (Phi) is 5.70. The van der Waals surface area contributed by atoms with Crippen LogP contribution in [-0.2, 0) is 10.2 Å². The molecule has 2 N–H and O–H groups in total. The summed E-state index contributed by atoms with van der Waals surface area (Å²) < 4.78 is 19.4. The van der Waals surface area contributed by atoms with Gasteiger partial charge in [0.25, 0.3) is 0 Å². The summed E-state index contributed by atoms with van der Waals surface area (Å²) >= 11 is 6.18. The minimum Gasteiger partial charge on any atom is -0.478 e. The Labute approximate surface area is 199 Å². The highest BCUT2D eigenvalue weighted by Crippen LogP contribution is 2.51. The van der Waals surface area contributed by atoms with Gasteiger partial charge in [0.2, 0.25) is 11.8 Å². The van der Waals surface area contributed by atoms with E-state index in [2.05, 4.69) is 30.9 Å². The summed E-state index contributed by atoms with van der Waals surface area (Å²) in [7, 11) is 0. The van der Waals surface area contributed by atoms with E-state index in [0.29, 0.717) is 48.0 Å². The fourth-order valence-electron chi connectivity index (χ4n) is 3.98. The minimum atomic E-state index is -0.842. The number of ether oxygens (including phenoxy) is 1. The zero-order valence-electron chi connectivity index (χ0n) is 18.2. The van der Waals surface area contributed by atoms with Crippen molar-refractivity contribution in [3.8, 4) is 28.4 Å². The monoisotopic (exact) mass is 478 g/mol. The van der Waals surface area contributed by atoms with Gasteiger partial charge in [-0.1, -0.05) is 29.8 Å². The molecule has 2 aromatic carbocycles. The maximum Gasteiger partial charge on any atom is 0.235 e. The van der Waals surface area contributed by atoms with Crippen molar-refractivity contribution >= 4 is 23.2 Å². The van der Waals surface area contributed by atoms with Crippen LogP contribution >= 0.6 is 11.6 Å². The van der Waals surface area contributed by atoms with E-state index in [1.54, 1.807) is 36.5 Å². The Balaban J connectivity index is 1.47. The van der Waals surface area contributed by atoms with E-state index in [-0.39, 0.29) is 10.9 Å². The van der Waals surface area contributed by atoms with Gasteiger partial charge in [-0.15, -0.1) is 5.10 Å². The molecule has 0 atom stereocenters. The van der Waals surface area contributed by atoms with Crippen molar-refractivity contribution in [1.82, 2.24) is 25.6 Å². The number of tetrazole rings is 1. The lowest BCUT2D eigenvalue weighted by atomic mass is 9.94. The second-order valence-corrected chi connectivity index (χ2v) is 8.34. The lowest BCUT2D eigenvalue weighted by Crippen LogP contribution is -2.28. The minimum absolute atomic E-state index is 0.0121. The Bertz CT molecular complexity index is 1340. The van der Waals surface area contributed by atoms with Crippen molar-refractivity contribution in [3.05, 3.63) is 71.1 Å². The topological polar surface area (TPSA) is 106 Å². The second-order valence-electron chi connectivity index (χ2n) is 7.97. The zero-order chi connectivity index (χ0) is 23.7. The van der Waals surface area contributed by atoms with Crippen LogP contribution < -0.4 is 10.1 Å². The second kappa shape index (κ2) is 8.83. The first-order valence-electron chi connectivity index (χ1n) is 10.7. The number of hydrogen-bond acceptors (Lipinski definition) is 6. The van der Waals surface area contributed by atoms with Crippen molar-refractivity contribution in [2.24, 2.45) is 0 Å². The van der Waals surface area contributed by atoms with Crippen molar-refractivity contribution in [2.45, 2.75) is 25.2 Å². The van der Waals surface area contributed by atoms with Crippen LogP contribution in [0.5, 0.6) is 5.88 Å². The summed E-state index contributed by atoms with van der Waals surface area (Å²) in [5.74, 6) is 0.196. The molecule has 1 saturated carbocycles. The predicted octanol–water partition coefficient (Wildman–Crippen LogP) is 4.79. The average Bonchev–Trinajstić information content (AvgIpc) is 3.47. The summed E-state index contributed by atoms with van der Waals surface area (Å²) in [6.07, 6.45) is 2.89. The highest BCUT2D eigenvalue weighted by molar-refractivity contribution is 6.32. The fourth-order valence-corrected chi connectivity index (χ4v) is 4.29. The number of benzene rings is 2. The molecular weight excluding hydrogens is 459 g/mol. The quantitative estimate of drug-likeness (QED) is 0.395. The van der Waals surface area contributed by atoms with Crippen LogP contribution in [0.1, 0.15) is 25.3 Å². The van der Waals surface area contributed by atoms with Crippen LogP contribution in [0.15, 0.2) is 54.7 Å². The largest absolute Gasteiger partial charge is 0.478 e. The van der Waals surface area contributed by atoms with Gasteiger partial charge in [-0.2, -0.15) is 0 Å². The zero-order valence-corrected chi connectivity index (χ0v) is 18.9. The van der Waals surface area contributed by atoms with Crippen LogP contribution in [0.25, 0.3) is 22.5 Å². The number of amides is 1. The third-order valence-corrected chi connectivity index (χ3v) is 6.25. The Morgan fingerprint density at radius 1 is 1.21 bits per heavy atom. The van der Waals surface area contributed by atoms with Crippen molar-refractivity contribution in [2.75, 3.05) is 11.9 Å². The van der Waals surface area contributed by atoms with Gasteiger partial charge in [0, 0.05) is 29.1 Å². The Hall–Kier alpha value is -3.85. The van der Waals surface area contributed by atoms with Crippen molar-refractivity contribution < 1.29 is 13.9 Å². The molecule has 0 radical (unpaired) electrons. The Morgan fingerprint density at radius 2 is 2.06 bits per heavy atom. The van der Waals surface area contributed by atoms with Crippen molar-refractivity contribution in [1.29, 1.82) is 0 Å². The van der Waals surface area contributed by atoms with Gasteiger partial charge in [-0.05, 0) is 65.6 Å². The van der Waals surface area contributed by atoms with Gasteiger partial charge >= 0.3 is 0 Å². The smallest absolute Gasteiger partial charge is 0.235 e. The number of aromatic nitrogens is 5. The first-order valence-corrected chi connectivity index (χ1v) is 11.1. The van der Waals surface area contributed by atoms with E-state index in [4.69, 9.17) is 16.3 Å². The molecule has 172 valence electrons. The number of carbonyl (C=O) groups excluding carboxylic acids is 1. The number of hydrogen-bond donors (Lipinski definition) is 2. The van der Waals surface area contributed by atoms with Gasteiger partial charge in [-0.3, -0.25) is 4.79 Å². The summed E-state index contributed by atoms with van der Waals surface area (Å²) in [6.45, 7) is 2.42. The molecule has 1 amide bonds. The highest BCUT2D eigenvalue weighted by Gasteiger charge is 2.52. The number of halogens is 2. The van der Waals surface area contributed by atoms with Crippen LogP contribution in [0.2, 0.25) is 5.02 Å². The van der Waals surface area contributed by atoms with Gasteiger partial charge in [0.15, 0.2) is 5.82 Å². The number of H-pyrrole nitrogens is 1. The van der Waals surface area contributed by atoms with Gasteiger partial charge in [-0.25, -0.2) is 14.5 Å². The molecular formula is C24H20ClFN6O2. The lowest BCUT2D eigenvalue weighted by molar-refractivity contribution is -0.118. The molecule has 2 heterocycles. The normalized spacial score (nSPS) is 14.0. The molecule has 0 spiro atoms. The Morgan fingerprint density at radius 3 is 2.74 bits per heavy atom. The molecule has 10 heteroatoms. The number of pyridine rings is 1. The fraction of sp³-hybridized carbons (Fsp3) is 0.208. The molecule has 34 heavy (non-hydrogen) atoms. The van der Waals surface area contributed by atoms with E-state index in [1.807, 2.05) is 19.1 Å². The summed E-state index contributed by atoms with van der Waals surface area (Å²) in [5.41, 5.74) is 2.55. The maximum atomic E-state index is 14.0. The third-order valence-electron chi connectivity index (χ3n) is 5.87. The number of anilines is 1. The molecule has 0 bridgehead atoms. The number of nitrogens with zero attached hydrogens (tertiary/aromatic N) is 4. The van der Waals surface area contributed by atoms with Gasteiger partial charge in [0.05, 0.1) is 17.0 Å². The van der Waals surface area contributed by atoms with Crippen LogP contribution in [-0.4, -0.2) is 38.1 Å². The first-order chi connectivity index (χ1) is 16.5. The van der Waals surface area contributed by atoms with E-state index < -0.39 is 11.2 Å². The molecule has 2 aromatic heterocycles. The summed E-state index contributed by atoms with van der Waals surface area (Å²) in [6, 6.07) is 13.7. The molecule has 0 aliphatic heterocycles. The first kappa shape index (κ1) is 22.0. The molecule has 1 aliphatic rings. The number of nitrogens with one attached hydrogen (secondary N) is 2.